The monoisotopic (exact) mass is 300 g/mol. The van der Waals surface area contributed by atoms with Crippen LogP contribution in [0.15, 0.2) is 47.2 Å². The Balaban J connectivity index is 1.50. The van der Waals surface area contributed by atoms with Gasteiger partial charge in [0.15, 0.2) is 0 Å². The third-order valence-electron chi connectivity index (χ3n) is 3.71. The van der Waals surface area contributed by atoms with E-state index in [4.69, 9.17) is 0 Å². The first-order valence-electron chi connectivity index (χ1n) is 7.42. The zero-order chi connectivity index (χ0) is 14.5. The van der Waals surface area contributed by atoms with E-state index in [1.807, 2.05) is 23.1 Å². The van der Waals surface area contributed by atoms with Crippen LogP contribution in [-0.4, -0.2) is 23.5 Å². The van der Waals surface area contributed by atoms with Gasteiger partial charge in [0, 0.05) is 19.1 Å². The van der Waals surface area contributed by atoms with Crippen LogP contribution in [0.1, 0.15) is 24.0 Å². The van der Waals surface area contributed by atoms with Gasteiger partial charge in [-0.15, -0.1) is 0 Å². The highest BCUT2D eigenvalue weighted by Crippen LogP contribution is 2.28. The molecule has 1 heterocycles. The fraction of sp³-hybridized carbons (Fsp3) is 0.353. The van der Waals surface area contributed by atoms with Gasteiger partial charge in [0.2, 0.25) is 0 Å². The molecule has 0 bridgehead atoms. The van der Waals surface area contributed by atoms with E-state index < -0.39 is 0 Å². The van der Waals surface area contributed by atoms with Gasteiger partial charge in [-0.2, -0.15) is 11.3 Å². The average molecular weight is 300 g/mol. The van der Waals surface area contributed by atoms with Crippen molar-refractivity contribution in [1.82, 2.24) is 10.2 Å². The molecule has 3 nitrogen and oxygen atoms in total. The highest BCUT2D eigenvalue weighted by atomic mass is 32.1. The van der Waals surface area contributed by atoms with Gasteiger partial charge in [0.05, 0.1) is 0 Å². The van der Waals surface area contributed by atoms with E-state index in [1.165, 1.54) is 11.1 Å². The van der Waals surface area contributed by atoms with Crippen LogP contribution in [0.25, 0.3) is 0 Å². The standard InChI is InChI=1S/C17H20N2OS/c20-17(18-10-8-14-4-2-1-3-5-14)19(16-6-7-16)12-15-9-11-21-13-15/h1-5,9,11,13,16H,6-8,10,12H2,(H,18,20). The van der Waals surface area contributed by atoms with Gasteiger partial charge in [0.25, 0.3) is 0 Å². The van der Waals surface area contributed by atoms with Crippen LogP contribution in [0.2, 0.25) is 0 Å². The lowest BCUT2D eigenvalue weighted by Crippen LogP contribution is -2.41. The Bertz CT molecular complexity index is 564. The molecule has 1 N–H and O–H groups in total. The van der Waals surface area contributed by atoms with Crippen LogP contribution in [-0.2, 0) is 13.0 Å². The van der Waals surface area contributed by atoms with Crippen molar-refractivity contribution in [3.8, 4) is 0 Å². The molecule has 21 heavy (non-hydrogen) atoms. The molecular formula is C17H20N2OS. The minimum Gasteiger partial charge on any atom is -0.338 e. The number of amides is 2. The number of thiophene rings is 1. The minimum absolute atomic E-state index is 0.0691. The van der Waals surface area contributed by atoms with E-state index in [0.717, 1.165) is 25.8 Å². The van der Waals surface area contributed by atoms with Gasteiger partial charge < -0.3 is 10.2 Å². The fourth-order valence-electron chi connectivity index (χ4n) is 2.39. The van der Waals surface area contributed by atoms with Gasteiger partial charge in [-0.25, -0.2) is 4.79 Å². The van der Waals surface area contributed by atoms with E-state index in [0.29, 0.717) is 12.6 Å². The van der Waals surface area contributed by atoms with Crippen molar-refractivity contribution in [1.29, 1.82) is 0 Å². The van der Waals surface area contributed by atoms with E-state index in [9.17, 15) is 4.79 Å². The fourth-order valence-corrected chi connectivity index (χ4v) is 3.05. The van der Waals surface area contributed by atoms with Gasteiger partial charge in [0.1, 0.15) is 0 Å². The number of carbonyl (C=O) groups excluding carboxylic acids is 1. The van der Waals surface area contributed by atoms with E-state index in [-0.39, 0.29) is 6.03 Å². The van der Waals surface area contributed by atoms with Crippen molar-refractivity contribution >= 4 is 17.4 Å². The molecule has 1 saturated carbocycles. The Morgan fingerprint density at radius 2 is 2.00 bits per heavy atom. The molecule has 0 radical (unpaired) electrons. The van der Waals surface area contributed by atoms with Gasteiger partial charge in [-0.05, 0) is 47.2 Å². The van der Waals surface area contributed by atoms with E-state index in [2.05, 4.69) is 34.3 Å². The van der Waals surface area contributed by atoms with Crippen LogP contribution in [0.5, 0.6) is 0 Å². The number of benzene rings is 1. The third-order valence-corrected chi connectivity index (χ3v) is 4.45. The lowest BCUT2D eigenvalue weighted by molar-refractivity contribution is 0.192. The smallest absolute Gasteiger partial charge is 0.317 e. The molecule has 0 aliphatic heterocycles. The molecule has 0 spiro atoms. The van der Waals surface area contributed by atoms with Crippen LogP contribution < -0.4 is 5.32 Å². The van der Waals surface area contributed by atoms with Crippen LogP contribution in [0.3, 0.4) is 0 Å². The van der Waals surface area contributed by atoms with Crippen LogP contribution >= 0.6 is 11.3 Å². The first-order chi connectivity index (χ1) is 10.3. The quantitative estimate of drug-likeness (QED) is 0.867. The number of nitrogens with zero attached hydrogens (tertiary/aromatic N) is 1. The normalized spacial score (nSPS) is 13.9. The molecule has 2 amide bonds. The molecule has 1 aliphatic carbocycles. The van der Waals surface area contributed by atoms with E-state index >= 15 is 0 Å². The van der Waals surface area contributed by atoms with E-state index in [1.54, 1.807) is 11.3 Å². The maximum atomic E-state index is 12.4. The Labute approximate surface area is 129 Å². The SMILES string of the molecule is O=C(NCCc1ccccc1)N(Cc1ccsc1)C1CC1. The Morgan fingerprint density at radius 3 is 2.67 bits per heavy atom. The van der Waals surface area contributed by atoms with Crippen molar-refractivity contribution in [2.75, 3.05) is 6.54 Å². The molecule has 1 aliphatic rings. The first kappa shape index (κ1) is 14.1. The Kier molecular flexibility index (Phi) is 4.55. The van der Waals surface area contributed by atoms with Crippen LogP contribution in [0.4, 0.5) is 4.79 Å². The zero-order valence-electron chi connectivity index (χ0n) is 12.0. The van der Waals surface area contributed by atoms with Crippen molar-refractivity contribution in [3.63, 3.8) is 0 Å². The molecule has 4 heteroatoms. The average Bonchev–Trinajstić information content (AvgIpc) is 3.22. The lowest BCUT2D eigenvalue weighted by atomic mass is 10.1. The summed E-state index contributed by atoms with van der Waals surface area (Å²) in [6, 6.07) is 12.9. The molecule has 2 aromatic rings. The predicted octanol–water partition coefficient (Wildman–Crippen LogP) is 3.66. The number of carbonyl (C=O) groups is 1. The molecule has 0 atom stereocenters. The summed E-state index contributed by atoms with van der Waals surface area (Å²) in [6.07, 6.45) is 3.15. The van der Waals surface area contributed by atoms with Gasteiger partial charge >= 0.3 is 6.03 Å². The predicted molar refractivity (Wildman–Crippen MR) is 86.4 cm³/mol. The first-order valence-corrected chi connectivity index (χ1v) is 8.36. The lowest BCUT2D eigenvalue weighted by Gasteiger charge is -2.22. The molecule has 0 saturated heterocycles. The summed E-state index contributed by atoms with van der Waals surface area (Å²) >= 11 is 1.68. The van der Waals surface area contributed by atoms with Crippen molar-refractivity contribution in [2.24, 2.45) is 0 Å². The zero-order valence-corrected chi connectivity index (χ0v) is 12.8. The number of nitrogens with one attached hydrogen (secondary N) is 1. The second-order valence-electron chi connectivity index (χ2n) is 5.46. The molecule has 1 fully saturated rings. The summed E-state index contributed by atoms with van der Waals surface area (Å²) in [6.45, 7) is 1.42. The Hall–Kier alpha value is -1.81. The maximum absolute atomic E-state index is 12.4. The maximum Gasteiger partial charge on any atom is 0.317 e. The largest absolute Gasteiger partial charge is 0.338 e. The molecule has 3 rings (SSSR count). The van der Waals surface area contributed by atoms with Gasteiger partial charge in [-0.1, -0.05) is 30.3 Å². The summed E-state index contributed by atoms with van der Waals surface area (Å²) < 4.78 is 0. The van der Waals surface area contributed by atoms with Crippen molar-refractivity contribution in [2.45, 2.75) is 31.8 Å². The van der Waals surface area contributed by atoms with Crippen LogP contribution in [0, 0.1) is 0 Å². The van der Waals surface area contributed by atoms with Crippen molar-refractivity contribution in [3.05, 3.63) is 58.3 Å². The summed E-state index contributed by atoms with van der Waals surface area (Å²) in [5.41, 5.74) is 2.48. The molecule has 1 aromatic heterocycles. The summed E-state index contributed by atoms with van der Waals surface area (Å²) in [4.78, 5) is 14.3. The molecule has 0 unspecified atom stereocenters. The summed E-state index contributed by atoms with van der Waals surface area (Å²) in [5.74, 6) is 0. The second kappa shape index (κ2) is 6.76. The number of rotatable bonds is 6. The van der Waals surface area contributed by atoms with Crippen molar-refractivity contribution < 1.29 is 4.79 Å². The summed E-state index contributed by atoms with van der Waals surface area (Å²) in [7, 11) is 0. The third kappa shape index (κ3) is 4.08. The molecule has 110 valence electrons. The number of hydrogen-bond donors (Lipinski definition) is 1. The highest BCUT2D eigenvalue weighted by molar-refractivity contribution is 7.07. The second-order valence-corrected chi connectivity index (χ2v) is 6.24. The minimum atomic E-state index is 0.0691. The number of urea groups is 1. The highest BCUT2D eigenvalue weighted by Gasteiger charge is 2.32. The summed E-state index contributed by atoms with van der Waals surface area (Å²) in [5, 5.41) is 7.24. The molecular weight excluding hydrogens is 280 g/mol. The Morgan fingerprint density at radius 1 is 1.19 bits per heavy atom. The molecule has 1 aromatic carbocycles. The van der Waals surface area contributed by atoms with Gasteiger partial charge in [-0.3, -0.25) is 0 Å². The topological polar surface area (TPSA) is 32.3 Å². The number of hydrogen-bond acceptors (Lipinski definition) is 2.